The molecule has 122 valence electrons. The molecule has 5 heteroatoms. The molecule has 0 fully saturated rings. The minimum absolute atomic E-state index is 0.0460. The number of aryl methyl sites for hydroxylation is 1. The number of hydrogen-bond donors (Lipinski definition) is 1. The number of nitrogens with one attached hydrogen (secondary N) is 1. The van der Waals surface area contributed by atoms with Gasteiger partial charge in [-0.05, 0) is 37.5 Å². The first-order valence-electron chi connectivity index (χ1n) is 7.52. The number of carbonyl (C=O) groups is 1. The highest BCUT2D eigenvalue weighted by atomic mass is 32.2. The third kappa shape index (κ3) is 4.93. The van der Waals surface area contributed by atoms with Crippen molar-refractivity contribution in [1.82, 2.24) is 5.32 Å². The minimum Gasteiger partial charge on any atom is -0.350 e. The quantitative estimate of drug-likeness (QED) is 0.885. The van der Waals surface area contributed by atoms with Gasteiger partial charge in [0.2, 0.25) is 0 Å². The Kier molecular flexibility index (Phi) is 5.55. The van der Waals surface area contributed by atoms with Crippen LogP contribution in [0.15, 0.2) is 59.5 Å². The fourth-order valence-electron chi connectivity index (χ4n) is 2.38. The molecule has 4 nitrogen and oxygen atoms in total. The summed E-state index contributed by atoms with van der Waals surface area (Å²) >= 11 is 0. The van der Waals surface area contributed by atoms with Crippen LogP contribution in [-0.2, 0) is 16.3 Å². The maximum atomic E-state index is 12.4. The van der Waals surface area contributed by atoms with E-state index in [1.807, 2.05) is 37.3 Å². The number of hydrogen-bond acceptors (Lipinski definition) is 3. The Bertz CT molecular complexity index is 770. The van der Waals surface area contributed by atoms with Crippen LogP contribution in [0.4, 0.5) is 0 Å². The van der Waals surface area contributed by atoms with Crippen LogP contribution in [-0.4, -0.2) is 26.6 Å². The van der Waals surface area contributed by atoms with Crippen molar-refractivity contribution in [2.75, 3.05) is 6.26 Å². The van der Waals surface area contributed by atoms with Crippen molar-refractivity contribution >= 4 is 15.7 Å². The van der Waals surface area contributed by atoms with Gasteiger partial charge in [0.05, 0.1) is 10.5 Å². The van der Waals surface area contributed by atoms with E-state index in [1.165, 1.54) is 17.7 Å². The molecule has 1 unspecified atom stereocenters. The van der Waals surface area contributed by atoms with Gasteiger partial charge in [-0.3, -0.25) is 4.79 Å². The number of benzene rings is 2. The van der Waals surface area contributed by atoms with Crippen molar-refractivity contribution in [3.8, 4) is 0 Å². The molecule has 0 aliphatic heterocycles. The van der Waals surface area contributed by atoms with E-state index in [0.717, 1.165) is 19.1 Å². The van der Waals surface area contributed by atoms with Crippen molar-refractivity contribution in [3.63, 3.8) is 0 Å². The lowest BCUT2D eigenvalue weighted by Gasteiger charge is -2.15. The fourth-order valence-corrected chi connectivity index (χ4v) is 3.27. The second-order valence-electron chi connectivity index (χ2n) is 5.67. The Balaban J connectivity index is 2.02. The number of rotatable bonds is 6. The van der Waals surface area contributed by atoms with Crippen molar-refractivity contribution in [2.45, 2.75) is 30.7 Å². The maximum Gasteiger partial charge on any atom is 0.252 e. The molecule has 0 radical (unpaired) electrons. The van der Waals surface area contributed by atoms with Gasteiger partial charge >= 0.3 is 0 Å². The van der Waals surface area contributed by atoms with Gasteiger partial charge < -0.3 is 5.32 Å². The van der Waals surface area contributed by atoms with Gasteiger partial charge in [-0.2, -0.15) is 0 Å². The summed E-state index contributed by atoms with van der Waals surface area (Å²) in [6.07, 6.45) is 2.75. The van der Waals surface area contributed by atoms with Gasteiger partial charge in [0, 0.05) is 12.3 Å². The Morgan fingerprint density at radius 3 is 2.30 bits per heavy atom. The average molecular weight is 331 g/mol. The van der Waals surface area contributed by atoms with Gasteiger partial charge in [0.25, 0.3) is 5.91 Å². The molecule has 0 heterocycles. The van der Waals surface area contributed by atoms with Crippen molar-refractivity contribution in [2.24, 2.45) is 0 Å². The highest BCUT2D eigenvalue weighted by Gasteiger charge is 2.19. The summed E-state index contributed by atoms with van der Waals surface area (Å²) in [6, 6.07) is 16.3. The molecule has 0 bridgehead atoms. The number of sulfone groups is 1. The molecule has 0 spiro atoms. The first kappa shape index (κ1) is 17.2. The summed E-state index contributed by atoms with van der Waals surface area (Å²) in [7, 11) is -3.43. The first-order chi connectivity index (χ1) is 10.9. The van der Waals surface area contributed by atoms with Gasteiger partial charge in [-0.1, -0.05) is 42.5 Å². The highest BCUT2D eigenvalue weighted by molar-refractivity contribution is 7.90. The molecule has 0 aromatic heterocycles. The van der Waals surface area contributed by atoms with E-state index in [-0.39, 0.29) is 22.4 Å². The van der Waals surface area contributed by atoms with E-state index in [2.05, 4.69) is 5.32 Å². The molecule has 1 amide bonds. The third-order valence-electron chi connectivity index (χ3n) is 3.62. The van der Waals surface area contributed by atoms with Crippen LogP contribution in [0.1, 0.15) is 29.3 Å². The van der Waals surface area contributed by atoms with Gasteiger partial charge in [-0.25, -0.2) is 8.42 Å². The number of amides is 1. The zero-order valence-corrected chi connectivity index (χ0v) is 14.1. The predicted octanol–water partition coefficient (Wildman–Crippen LogP) is 2.84. The lowest BCUT2D eigenvalue weighted by molar-refractivity contribution is 0.0935. The standard InChI is InChI=1S/C18H21NO3S/c1-14(12-13-15-8-4-3-5-9-15)19-18(20)16-10-6-7-11-17(16)23(2,21)22/h3-11,14H,12-13H2,1-2H3,(H,19,20). The lowest BCUT2D eigenvalue weighted by Crippen LogP contribution is -2.33. The molecule has 0 aliphatic carbocycles. The Morgan fingerprint density at radius 1 is 1.04 bits per heavy atom. The van der Waals surface area contributed by atoms with Crippen molar-refractivity contribution in [3.05, 3.63) is 65.7 Å². The molecule has 23 heavy (non-hydrogen) atoms. The smallest absolute Gasteiger partial charge is 0.252 e. The SMILES string of the molecule is CC(CCc1ccccc1)NC(=O)c1ccccc1S(C)(=O)=O. The van der Waals surface area contributed by atoms with Gasteiger partial charge in [0.15, 0.2) is 9.84 Å². The first-order valence-corrected chi connectivity index (χ1v) is 9.41. The molecule has 2 rings (SSSR count). The van der Waals surface area contributed by atoms with Crippen LogP contribution in [0.5, 0.6) is 0 Å². The van der Waals surface area contributed by atoms with Crippen LogP contribution >= 0.6 is 0 Å². The normalized spacial score (nSPS) is 12.6. The fraction of sp³-hybridized carbons (Fsp3) is 0.278. The summed E-state index contributed by atoms with van der Waals surface area (Å²) in [5, 5.41) is 2.88. The van der Waals surface area contributed by atoms with Crippen LogP contribution < -0.4 is 5.32 Å². The topological polar surface area (TPSA) is 63.2 Å². The van der Waals surface area contributed by atoms with Crippen LogP contribution in [0, 0.1) is 0 Å². The van der Waals surface area contributed by atoms with Crippen molar-refractivity contribution in [1.29, 1.82) is 0 Å². The summed E-state index contributed by atoms with van der Waals surface area (Å²) < 4.78 is 23.5. The van der Waals surface area contributed by atoms with Gasteiger partial charge in [-0.15, -0.1) is 0 Å². The molecule has 0 aliphatic rings. The van der Waals surface area contributed by atoms with E-state index in [9.17, 15) is 13.2 Å². The molecular formula is C18H21NO3S. The maximum absolute atomic E-state index is 12.4. The molecule has 1 atom stereocenters. The van der Waals surface area contributed by atoms with E-state index >= 15 is 0 Å². The monoisotopic (exact) mass is 331 g/mol. The molecule has 0 saturated carbocycles. The summed E-state index contributed by atoms with van der Waals surface area (Å²) in [5.41, 5.74) is 1.41. The average Bonchev–Trinajstić information content (AvgIpc) is 2.53. The second-order valence-corrected chi connectivity index (χ2v) is 7.65. The van der Waals surface area contributed by atoms with Crippen LogP contribution in [0.25, 0.3) is 0 Å². The van der Waals surface area contributed by atoms with Crippen LogP contribution in [0.2, 0.25) is 0 Å². The summed E-state index contributed by atoms with van der Waals surface area (Å²) in [5.74, 6) is -0.355. The zero-order valence-electron chi connectivity index (χ0n) is 13.3. The van der Waals surface area contributed by atoms with Crippen molar-refractivity contribution < 1.29 is 13.2 Å². The Hall–Kier alpha value is -2.14. The van der Waals surface area contributed by atoms with Crippen LogP contribution in [0.3, 0.4) is 0 Å². The van der Waals surface area contributed by atoms with E-state index in [1.54, 1.807) is 12.1 Å². The highest BCUT2D eigenvalue weighted by Crippen LogP contribution is 2.15. The predicted molar refractivity (Wildman–Crippen MR) is 91.2 cm³/mol. The second kappa shape index (κ2) is 7.42. The summed E-state index contributed by atoms with van der Waals surface area (Å²) in [6.45, 7) is 1.92. The Labute approximate surface area is 137 Å². The molecular weight excluding hydrogens is 310 g/mol. The van der Waals surface area contributed by atoms with E-state index < -0.39 is 9.84 Å². The molecule has 2 aromatic rings. The largest absolute Gasteiger partial charge is 0.350 e. The minimum atomic E-state index is -3.43. The number of carbonyl (C=O) groups excluding carboxylic acids is 1. The van der Waals surface area contributed by atoms with E-state index in [0.29, 0.717) is 0 Å². The molecule has 0 saturated heterocycles. The molecule has 1 N–H and O–H groups in total. The van der Waals surface area contributed by atoms with Gasteiger partial charge in [0.1, 0.15) is 0 Å². The van der Waals surface area contributed by atoms with E-state index in [4.69, 9.17) is 0 Å². The lowest BCUT2D eigenvalue weighted by atomic mass is 10.1. The zero-order chi connectivity index (χ0) is 16.9. The Morgan fingerprint density at radius 2 is 1.65 bits per heavy atom. The molecule has 2 aromatic carbocycles. The third-order valence-corrected chi connectivity index (χ3v) is 4.77. The summed E-state index contributed by atoms with van der Waals surface area (Å²) in [4.78, 5) is 12.4.